The maximum absolute atomic E-state index is 13.8. The maximum Gasteiger partial charge on any atom is 0.307 e. The van der Waals surface area contributed by atoms with Crippen LogP contribution in [0.1, 0.15) is 5.56 Å². The second kappa shape index (κ2) is 6.48. The summed E-state index contributed by atoms with van der Waals surface area (Å²) in [5.74, 6) is -2.28. The number of alkyl halides is 1. The van der Waals surface area contributed by atoms with E-state index in [0.29, 0.717) is 27.7 Å². The fourth-order valence-electron chi connectivity index (χ4n) is 1.59. The molecule has 0 radical (unpaired) electrons. The van der Waals surface area contributed by atoms with Gasteiger partial charge in [0.15, 0.2) is 11.6 Å². The van der Waals surface area contributed by atoms with Gasteiger partial charge in [-0.05, 0) is 12.1 Å². The SMILES string of the molecule is O=[N+]([O-])c1cc(F)c(Oc2cc(Br)ccc2CBr)cc1F. The molecule has 0 spiro atoms. The van der Waals surface area contributed by atoms with E-state index in [1.807, 2.05) is 0 Å². The summed E-state index contributed by atoms with van der Waals surface area (Å²) < 4.78 is 33.4. The third kappa shape index (κ3) is 3.56. The number of hydrogen-bond acceptors (Lipinski definition) is 3. The smallest absolute Gasteiger partial charge is 0.307 e. The molecule has 0 saturated heterocycles. The number of nitro benzene ring substituents is 1. The minimum Gasteiger partial charge on any atom is -0.454 e. The molecule has 0 aliphatic heterocycles. The van der Waals surface area contributed by atoms with E-state index in [4.69, 9.17) is 4.74 Å². The molecule has 0 aromatic heterocycles. The first kappa shape index (κ1) is 15.8. The van der Waals surface area contributed by atoms with Crippen molar-refractivity contribution in [2.24, 2.45) is 0 Å². The Morgan fingerprint density at radius 1 is 1.14 bits per heavy atom. The van der Waals surface area contributed by atoms with Gasteiger partial charge in [0, 0.05) is 21.4 Å². The first-order valence-electron chi connectivity index (χ1n) is 5.58. The van der Waals surface area contributed by atoms with Crippen molar-refractivity contribution in [2.45, 2.75) is 5.33 Å². The Morgan fingerprint density at radius 3 is 2.48 bits per heavy atom. The fourth-order valence-corrected chi connectivity index (χ4v) is 2.39. The lowest BCUT2D eigenvalue weighted by molar-refractivity contribution is -0.387. The van der Waals surface area contributed by atoms with Crippen LogP contribution in [0, 0.1) is 21.7 Å². The topological polar surface area (TPSA) is 52.4 Å². The molecule has 0 aliphatic rings. The zero-order chi connectivity index (χ0) is 15.6. The van der Waals surface area contributed by atoms with Gasteiger partial charge in [0.05, 0.1) is 11.0 Å². The van der Waals surface area contributed by atoms with E-state index >= 15 is 0 Å². The highest BCUT2D eigenvalue weighted by molar-refractivity contribution is 9.10. The van der Waals surface area contributed by atoms with Crippen molar-refractivity contribution in [1.82, 2.24) is 0 Å². The Hall–Kier alpha value is -1.54. The van der Waals surface area contributed by atoms with Crippen LogP contribution in [-0.4, -0.2) is 4.92 Å². The molecule has 2 aromatic carbocycles. The molecule has 0 amide bonds. The number of nitro groups is 1. The predicted octanol–water partition coefficient (Wildman–Crippen LogP) is 5.32. The van der Waals surface area contributed by atoms with Crippen molar-refractivity contribution in [3.63, 3.8) is 0 Å². The molecule has 0 saturated carbocycles. The molecule has 0 heterocycles. The van der Waals surface area contributed by atoms with E-state index in [-0.39, 0.29) is 0 Å². The molecular formula is C13H7Br2F2NO3. The summed E-state index contributed by atoms with van der Waals surface area (Å²) in [4.78, 5) is 9.54. The quantitative estimate of drug-likeness (QED) is 0.380. The monoisotopic (exact) mass is 421 g/mol. The molecular weight excluding hydrogens is 416 g/mol. The summed E-state index contributed by atoms with van der Waals surface area (Å²) in [6.45, 7) is 0. The number of halogens is 4. The van der Waals surface area contributed by atoms with Gasteiger partial charge in [-0.2, -0.15) is 4.39 Å². The van der Waals surface area contributed by atoms with Gasteiger partial charge in [0.1, 0.15) is 5.75 Å². The summed E-state index contributed by atoms with van der Waals surface area (Å²) in [6, 6.07) is 6.27. The minimum absolute atomic E-state index is 0.313. The Kier molecular flexibility index (Phi) is 4.89. The number of ether oxygens (including phenoxy) is 1. The van der Waals surface area contributed by atoms with Crippen LogP contribution in [0.25, 0.3) is 0 Å². The third-order valence-corrected chi connectivity index (χ3v) is 3.69. The van der Waals surface area contributed by atoms with Gasteiger partial charge >= 0.3 is 5.69 Å². The molecule has 0 aliphatic carbocycles. The van der Waals surface area contributed by atoms with Gasteiger partial charge in [0.2, 0.25) is 5.82 Å². The minimum atomic E-state index is -1.16. The number of benzene rings is 2. The van der Waals surface area contributed by atoms with Gasteiger partial charge in [0.25, 0.3) is 0 Å². The average Bonchev–Trinajstić information content (AvgIpc) is 2.42. The van der Waals surface area contributed by atoms with E-state index in [1.54, 1.807) is 18.2 Å². The molecule has 8 heteroatoms. The van der Waals surface area contributed by atoms with Crippen molar-refractivity contribution in [3.8, 4) is 11.5 Å². The van der Waals surface area contributed by atoms with Crippen molar-refractivity contribution >= 4 is 37.5 Å². The van der Waals surface area contributed by atoms with Crippen molar-refractivity contribution in [3.05, 3.63) is 62.1 Å². The first-order valence-corrected chi connectivity index (χ1v) is 7.49. The van der Waals surface area contributed by atoms with Gasteiger partial charge < -0.3 is 4.74 Å². The normalized spacial score (nSPS) is 10.5. The van der Waals surface area contributed by atoms with Gasteiger partial charge in [-0.25, -0.2) is 4.39 Å². The first-order chi connectivity index (χ1) is 9.92. The second-order valence-corrected chi connectivity index (χ2v) is 5.46. The maximum atomic E-state index is 13.8. The van der Waals surface area contributed by atoms with Crippen LogP contribution in [-0.2, 0) is 5.33 Å². The van der Waals surface area contributed by atoms with E-state index in [9.17, 15) is 18.9 Å². The van der Waals surface area contributed by atoms with Crippen LogP contribution in [0.4, 0.5) is 14.5 Å². The van der Waals surface area contributed by atoms with E-state index in [2.05, 4.69) is 31.9 Å². The molecule has 2 rings (SSSR count). The Balaban J connectivity index is 2.43. The summed E-state index contributed by atoms with van der Waals surface area (Å²) in [5.41, 5.74) is -0.217. The molecule has 0 unspecified atom stereocenters. The molecule has 0 fully saturated rings. The molecule has 0 N–H and O–H groups in total. The highest BCUT2D eigenvalue weighted by Crippen LogP contribution is 2.33. The van der Waals surface area contributed by atoms with E-state index in [1.165, 1.54) is 0 Å². The Morgan fingerprint density at radius 2 is 1.86 bits per heavy atom. The number of nitrogens with zero attached hydrogens (tertiary/aromatic N) is 1. The third-order valence-electron chi connectivity index (χ3n) is 2.59. The van der Waals surface area contributed by atoms with E-state index in [0.717, 1.165) is 5.56 Å². The molecule has 0 bridgehead atoms. The number of rotatable bonds is 4. The lowest BCUT2D eigenvalue weighted by atomic mass is 10.2. The van der Waals surface area contributed by atoms with Crippen molar-refractivity contribution in [2.75, 3.05) is 0 Å². The van der Waals surface area contributed by atoms with Crippen molar-refractivity contribution in [1.29, 1.82) is 0 Å². The zero-order valence-electron chi connectivity index (χ0n) is 10.3. The lowest BCUT2D eigenvalue weighted by Crippen LogP contribution is -1.97. The highest BCUT2D eigenvalue weighted by atomic mass is 79.9. The molecule has 2 aromatic rings. The second-order valence-electron chi connectivity index (χ2n) is 3.98. The van der Waals surface area contributed by atoms with Gasteiger partial charge in [-0.1, -0.05) is 37.9 Å². The van der Waals surface area contributed by atoms with Crippen LogP contribution >= 0.6 is 31.9 Å². The van der Waals surface area contributed by atoms with Gasteiger partial charge in [-0.15, -0.1) is 0 Å². The highest BCUT2D eigenvalue weighted by Gasteiger charge is 2.20. The Labute approximate surface area is 135 Å². The largest absolute Gasteiger partial charge is 0.454 e. The summed E-state index contributed by atoms with van der Waals surface area (Å²) >= 11 is 6.51. The van der Waals surface area contributed by atoms with Crippen LogP contribution in [0.5, 0.6) is 11.5 Å². The van der Waals surface area contributed by atoms with E-state index < -0.39 is 28.0 Å². The molecule has 0 atom stereocenters. The summed E-state index contributed by atoms with van der Waals surface area (Å²) in [6.07, 6.45) is 0. The number of hydrogen-bond donors (Lipinski definition) is 0. The predicted molar refractivity (Wildman–Crippen MR) is 79.9 cm³/mol. The van der Waals surface area contributed by atoms with Crippen LogP contribution in [0.2, 0.25) is 0 Å². The van der Waals surface area contributed by atoms with Gasteiger partial charge in [-0.3, -0.25) is 10.1 Å². The van der Waals surface area contributed by atoms with Crippen LogP contribution in [0.15, 0.2) is 34.8 Å². The molecule has 110 valence electrons. The fraction of sp³-hybridized carbons (Fsp3) is 0.0769. The van der Waals surface area contributed by atoms with Crippen LogP contribution < -0.4 is 4.74 Å². The Bertz CT molecular complexity index is 710. The van der Waals surface area contributed by atoms with Crippen LogP contribution in [0.3, 0.4) is 0 Å². The lowest BCUT2D eigenvalue weighted by Gasteiger charge is -2.11. The standard InChI is InChI=1S/C13H7Br2F2NO3/c14-6-7-1-2-8(15)3-12(7)21-13-5-9(16)11(18(19)20)4-10(13)17/h1-5H,6H2. The van der Waals surface area contributed by atoms with Crippen molar-refractivity contribution < 1.29 is 18.4 Å². The zero-order valence-corrected chi connectivity index (χ0v) is 13.4. The molecule has 21 heavy (non-hydrogen) atoms. The summed E-state index contributed by atoms with van der Waals surface area (Å²) in [7, 11) is 0. The molecule has 4 nitrogen and oxygen atoms in total. The summed E-state index contributed by atoms with van der Waals surface area (Å²) in [5, 5.41) is 11.0. The average molecular weight is 423 g/mol.